The molecule has 5 heteroatoms. The van der Waals surface area contributed by atoms with Crippen LogP contribution in [-0.4, -0.2) is 18.1 Å². The molecule has 3 nitrogen and oxygen atoms in total. The lowest BCUT2D eigenvalue weighted by Crippen LogP contribution is -2.17. The number of benzene rings is 1. The summed E-state index contributed by atoms with van der Waals surface area (Å²) in [6.07, 6.45) is 2.61. The first-order chi connectivity index (χ1) is 9.35. The predicted octanol–water partition coefficient (Wildman–Crippen LogP) is 4.23. The highest BCUT2D eigenvalue weighted by atomic mass is 35.5. The lowest BCUT2D eigenvalue weighted by atomic mass is 10.2. The molecule has 0 spiro atoms. The normalized spacial score (nSPS) is 14.9. The smallest absolute Gasteiger partial charge is 0.187 e. The van der Waals surface area contributed by atoms with Gasteiger partial charge in [-0.1, -0.05) is 0 Å². The van der Waals surface area contributed by atoms with E-state index in [1.165, 1.54) is 31.6 Å². The fourth-order valence-corrected chi connectivity index (χ4v) is 3.24. The number of rotatable bonds is 4. The van der Waals surface area contributed by atoms with E-state index in [0.717, 1.165) is 16.5 Å². The highest BCUT2D eigenvalue weighted by Gasteiger charge is 2.11. The van der Waals surface area contributed by atoms with E-state index in [9.17, 15) is 0 Å². The van der Waals surface area contributed by atoms with Crippen LogP contribution in [0.2, 0.25) is 0 Å². The Kier molecular flexibility index (Phi) is 3.89. The molecular weight excluding hydrogens is 278 g/mol. The second-order valence-corrected chi connectivity index (χ2v) is 5.77. The van der Waals surface area contributed by atoms with Crippen molar-refractivity contribution in [2.75, 3.05) is 23.3 Å². The van der Waals surface area contributed by atoms with Gasteiger partial charge < -0.3 is 10.2 Å². The Bertz CT molecular complexity index is 532. The number of nitrogens with one attached hydrogen (secondary N) is 1. The molecule has 0 aliphatic carbocycles. The largest absolute Gasteiger partial charge is 0.372 e. The summed E-state index contributed by atoms with van der Waals surface area (Å²) >= 11 is 7.33. The van der Waals surface area contributed by atoms with Crippen molar-refractivity contribution in [1.82, 2.24) is 4.98 Å². The Labute approximate surface area is 122 Å². The van der Waals surface area contributed by atoms with Crippen LogP contribution in [0.5, 0.6) is 0 Å². The summed E-state index contributed by atoms with van der Waals surface area (Å²) in [4.78, 5) is 6.82. The first-order valence-corrected chi connectivity index (χ1v) is 7.89. The molecule has 1 fully saturated rings. The molecule has 0 saturated carbocycles. The molecule has 100 valence electrons. The van der Waals surface area contributed by atoms with Crippen molar-refractivity contribution >= 4 is 39.4 Å². The van der Waals surface area contributed by atoms with Gasteiger partial charge in [0.05, 0.1) is 11.6 Å². The molecule has 1 N–H and O–H groups in total. The van der Waals surface area contributed by atoms with Gasteiger partial charge in [-0.3, -0.25) is 0 Å². The van der Waals surface area contributed by atoms with Gasteiger partial charge in [-0.25, -0.2) is 4.98 Å². The summed E-state index contributed by atoms with van der Waals surface area (Å²) in [7, 11) is 0. The number of thiazole rings is 1. The van der Waals surface area contributed by atoms with Crippen molar-refractivity contribution in [3.63, 3.8) is 0 Å². The molecule has 0 amide bonds. The van der Waals surface area contributed by atoms with Gasteiger partial charge in [0.15, 0.2) is 5.13 Å². The van der Waals surface area contributed by atoms with Gasteiger partial charge in [0.25, 0.3) is 0 Å². The third-order valence-electron chi connectivity index (χ3n) is 3.28. The molecule has 1 aliphatic rings. The van der Waals surface area contributed by atoms with Crippen LogP contribution in [0.3, 0.4) is 0 Å². The summed E-state index contributed by atoms with van der Waals surface area (Å²) in [6.45, 7) is 2.36. The maximum atomic E-state index is 5.75. The van der Waals surface area contributed by atoms with E-state index in [-0.39, 0.29) is 0 Å². The second-order valence-electron chi connectivity index (χ2n) is 4.64. The summed E-state index contributed by atoms with van der Waals surface area (Å²) in [5, 5.41) is 6.18. The number of nitrogens with zero attached hydrogens (tertiary/aromatic N) is 2. The summed E-state index contributed by atoms with van der Waals surface area (Å²) in [5.74, 6) is 0.464. The third kappa shape index (κ3) is 3.01. The van der Waals surface area contributed by atoms with Gasteiger partial charge >= 0.3 is 0 Å². The summed E-state index contributed by atoms with van der Waals surface area (Å²) in [5.41, 5.74) is 3.30. The van der Waals surface area contributed by atoms with Crippen molar-refractivity contribution < 1.29 is 0 Å². The van der Waals surface area contributed by atoms with Crippen LogP contribution in [0.1, 0.15) is 18.5 Å². The molecule has 1 aromatic carbocycles. The van der Waals surface area contributed by atoms with Gasteiger partial charge in [-0.15, -0.1) is 22.9 Å². The van der Waals surface area contributed by atoms with E-state index in [2.05, 4.69) is 39.5 Å². The molecule has 3 rings (SSSR count). The van der Waals surface area contributed by atoms with E-state index in [0.29, 0.717) is 5.88 Å². The molecule has 1 aliphatic heterocycles. The molecule has 0 radical (unpaired) electrons. The molecule has 1 saturated heterocycles. The molecule has 0 atom stereocenters. The first kappa shape index (κ1) is 12.8. The number of anilines is 3. The monoisotopic (exact) mass is 293 g/mol. The lowest BCUT2D eigenvalue weighted by Gasteiger charge is -2.17. The van der Waals surface area contributed by atoms with E-state index in [1.54, 1.807) is 11.3 Å². The Morgan fingerprint density at radius 2 is 1.95 bits per heavy atom. The average molecular weight is 294 g/mol. The van der Waals surface area contributed by atoms with Crippen molar-refractivity contribution in [3.8, 4) is 0 Å². The Balaban J connectivity index is 1.68. The van der Waals surface area contributed by atoms with Crippen molar-refractivity contribution in [2.45, 2.75) is 18.7 Å². The molecule has 1 aromatic heterocycles. The van der Waals surface area contributed by atoms with Gasteiger partial charge in [0, 0.05) is 29.8 Å². The van der Waals surface area contributed by atoms with E-state index >= 15 is 0 Å². The number of aromatic nitrogens is 1. The van der Waals surface area contributed by atoms with E-state index in [1.807, 2.05) is 5.38 Å². The quantitative estimate of drug-likeness (QED) is 0.855. The van der Waals surface area contributed by atoms with Crippen LogP contribution in [0.4, 0.5) is 16.5 Å². The van der Waals surface area contributed by atoms with E-state index < -0.39 is 0 Å². The SMILES string of the molecule is ClCc1csc(Nc2ccc(N3CCCC3)cc2)n1. The van der Waals surface area contributed by atoms with Gasteiger partial charge in [0.1, 0.15) is 0 Å². The first-order valence-electron chi connectivity index (χ1n) is 6.47. The Morgan fingerprint density at radius 1 is 1.21 bits per heavy atom. The molecule has 0 bridgehead atoms. The molecular formula is C14H16ClN3S. The van der Waals surface area contributed by atoms with Gasteiger partial charge in [-0.05, 0) is 37.1 Å². The summed E-state index contributed by atoms with van der Waals surface area (Å²) in [6, 6.07) is 8.55. The van der Waals surface area contributed by atoms with Crippen LogP contribution in [0.25, 0.3) is 0 Å². The lowest BCUT2D eigenvalue weighted by molar-refractivity contribution is 0.949. The summed E-state index contributed by atoms with van der Waals surface area (Å²) < 4.78 is 0. The zero-order valence-electron chi connectivity index (χ0n) is 10.6. The van der Waals surface area contributed by atoms with Crippen LogP contribution in [0.15, 0.2) is 29.6 Å². The van der Waals surface area contributed by atoms with Crippen LogP contribution in [-0.2, 0) is 5.88 Å². The molecule has 2 heterocycles. The van der Waals surface area contributed by atoms with Crippen molar-refractivity contribution in [1.29, 1.82) is 0 Å². The average Bonchev–Trinajstić information content (AvgIpc) is 3.10. The topological polar surface area (TPSA) is 28.2 Å². The molecule has 19 heavy (non-hydrogen) atoms. The third-order valence-corrected chi connectivity index (χ3v) is 4.36. The zero-order valence-corrected chi connectivity index (χ0v) is 12.2. The number of hydrogen-bond donors (Lipinski definition) is 1. The van der Waals surface area contributed by atoms with Crippen molar-refractivity contribution in [2.24, 2.45) is 0 Å². The fourth-order valence-electron chi connectivity index (χ4n) is 2.28. The Morgan fingerprint density at radius 3 is 2.58 bits per heavy atom. The standard InChI is InChI=1S/C14H16ClN3S/c15-9-12-10-19-14(17-12)16-11-3-5-13(6-4-11)18-7-1-2-8-18/h3-6,10H,1-2,7-9H2,(H,16,17). The minimum absolute atomic E-state index is 0.464. The molecule has 0 unspecified atom stereocenters. The van der Waals surface area contributed by atoms with Crippen LogP contribution < -0.4 is 10.2 Å². The number of alkyl halides is 1. The zero-order chi connectivity index (χ0) is 13.1. The van der Waals surface area contributed by atoms with Gasteiger partial charge in [-0.2, -0.15) is 0 Å². The highest BCUT2D eigenvalue weighted by molar-refractivity contribution is 7.13. The number of hydrogen-bond acceptors (Lipinski definition) is 4. The number of halogens is 1. The predicted molar refractivity (Wildman–Crippen MR) is 82.8 cm³/mol. The van der Waals surface area contributed by atoms with Gasteiger partial charge in [0.2, 0.25) is 0 Å². The fraction of sp³-hybridized carbons (Fsp3) is 0.357. The highest BCUT2D eigenvalue weighted by Crippen LogP contribution is 2.25. The maximum absolute atomic E-state index is 5.75. The maximum Gasteiger partial charge on any atom is 0.187 e. The van der Waals surface area contributed by atoms with Crippen molar-refractivity contribution in [3.05, 3.63) is 35.3 Å². The minimum Gasteiger partial charge on any atom is -0.372 e. The van der Waals surface area contributed by atoms with Crippen LogP contribution in [0, 0.1) is 0 Å². The van der Waals surface area contributed by atoms with Crippen LogP contribution >= 0.6 is 22.9 Å². The Hall–Kier alpha value is -1.26. The minimum atomic E-state index is 0.464. The van der Waals surface area contributed by atoms with E-state index in [4.69, 9.17) is 11.6 Å². The molecule has 2 aromatic rings. The second kappa shape index (κ2) is 5.80.